The summed E-state index contributed by atoms with van der Waals surface area (Å²) in [6.07, 6.45) is -4.45. The van der Waals surface area contributed by atoms with E-state index in [0.717, 1.165) is 11.6 Å². The Balaban J connectivity index is 2.07. The number of benzene rings is 2. The number of nitrogens with zero attached hydrogens (tertiary/aromatic N) is 1. The second kappa shape index (κ2) is 7.75. The Morgan fingerprint density at radius 1 is 1.08 bits per heavy atom. The van der Waals surface area contributed by atoms with E-state index in [0.29, 0.717) is 11.7 Å². The maximum atomic E-state index is 12.9. The van der Waals surface area contributed by atoms with Crippen LogP contribution in [0.25, 0.3) is 0 Å². The van der Waals surface area contributed by atoms with Crippen molar-refractivity contribution in [1.82, 2.24) is 0 Å². The number of hydrogen-bond acceptors (Lipinski definition) is 2. The number of thioether (sulfide) groups is 1. The molecule has 2 aromatic carbocycles. The van der Waals surface area contributed by atoms with Crippen molar-refractivity contribution in [3.8, 4) is 0 Å². The van der Waals surface area contributed by atoms with E-state index in [9.17, 15) is 13.2 Å². The second-order valence-corrected chi connectivity index (χ2v) is 6.65. The molecule has 2 aromatic rings. The largest absolute Gasteiger partial charge is 0.418 e. The Bertz CT molecular complexity index is 707. The smallest absolute Gasteiger partial charge is 0.378 e. The van der Waals surface area contributed by atoms with Gasteiger partial charge in [0, 0.05) is 5.75 Å². The monoisotopic (exact) mass is 352 g/mol. The van der Waals surface area contributed by atoms with Gasteiger partial charge in [0.2, 0.25) is 0 Å². The molecule has 0 fully saturated rings. The second-order valence-electron chi connectivity index (χ2n) is 5.65. The summed E-state index contributed by atoms with van der Waals surface area (Å²) >= 11 is 1.22. The fourth-order valence-corrected chi connectivity index (χ4v) is 2.79. The number of hydrogen-bond donors (Lipinski definition) is 1. The summed E-state index contributed by atoms with van der Waals surface area (Å²) in [5, 5.41) is 0.111. The molecule has 0 aliphatic heterocycles. The van der Waals surface area contributed by atoms with Gasteiger partial charge in [-0.2, -0.15) is 13.2 Å². The highest BCUT2D eigenvalue weighted by Crippen LogP contribution is 2.36. The molecule has 0 radical (unpaired) electrons. The first kappa shape index (κ1) is 18.4. The molecular formula is C18H19F3N2S. The zero-order valence-electron chi connectivity index (χ0n) is 13.5. The highest BCUT2D eigenvalue weighted by molar-refractivity contribution is 8.13. The lowest BCUT2D eigenvalue weighted by Gasteiger charge is -2.10. The zero-order valence-corrected chi connectivity index (χ0v) is 14.3. The molecule has 0 atom stereocenters. The molecule has 0 aliphatic carbocycles. The van der Waals surface area contributed by atoms with Crippen molar-refractivity contribution in [3.05, 3.63) is 65.2 Å². The molecule has 6 heteroatoms. The molecule has 128 valence electrons. The van der Waals surface area contributed by atoms with E-state index < -0.39 is 11.7 Å². The van der Waals surface area contributed by atoms with E-state index in [1.165, 1.54) is 35.5 Å². The van der Waals surface area contributed by atoms with Gasteiger partial charge in [0.25, 0.3) is 0 Å². The average Bonchev–Trinajstić information content (AvgIpc) is 2.53. The fourth-order valence-electron chi connectivity index (χ4n) is 2.12. The van der Waals surface area contributed by atoms with Gasteiger partial charge >= 0.3 is 6.18 Å². The van der Waals surface area contributed by atoms with Crippen molar-refractivity contribution >= 4 is 22.6 Å². The topological polar surface area (TPSA) is 38.4 Å². The van der Waals surface area contributed by atoms with Crippen LogP contribution in [0.4, 0.5) is 18.9 Å². The number of amidine groups is 1. The molecule has 0 saturated heterocycles. The van der Waals surface area contributed by atoms with Crippen LogP contribution in [0.15, 0.2) is 53.5 Å². The van der Waals surface area contributed by atoms with Gasteiger partial charge in [-0.3, -0.25) is 0 Å². The van der Waals surface area contributed by atoms with Crippen molar-refractivity contribution in [2.45, 2.75) is 31.7 Å². The van der Waals surface area contributed by atoms with E-state index in [4.69, 9.17) is 5.73 Å². The minimum Gasteiger partial charge on any atom is -0.378 e. The first-order valence-corrected chi connectivity index (χ1v) is 8.48. The number of nitrogens with two attached hydrogens (primary N) is 1. The lowest BCUT2D eigenvalue weighted by molar-refractivity contribution is -0.137. The number of rotatable bonds is 4. The fraction of sp³-hybridized carbons (Fsp3) is 0.278. The van der Waals surface area contributed by atoms with E-state index in [1.807, 2.05) is 24.3 Å². The molecule has 24 heavy (non-hydrogen) atoms. The third-order valence-electron chi connectivity index (χ3n) is 3.47. The Morgan fingerprint density at radius 3 is 2.29 bits per heavy atom. The predicted molar refractivity (Wildman–Crippen MR) is 94.6 cm³/mol. The summed E-state index contributed by atoms with van der Waals surface area (Å²) in [4.78, 5) is 3.92. The maximum absolute atomic E-state index is 12.9. The summed E-state index contributed by atoms with van der Waals surface area (Å²) in [6.45, 7) is 4.24. The molecular weight excluding hydrogens is 333 g/mol. The maximum Gasteiger partial charge on any atom is 0.418 e. The van der Waals surface area contributed by atoms with E-state index in [-0.39, 0.29) is 10.9 Å². The van der Waals surface area contributed by atoms with Gasteiger partial charge in [-0.15, -0.1) is 0 Å². The molecule has 0 aromatic heterocycles. The molecule has 2 rings (SSSR count). The summed E-state index contributed by atoms with van der Waals surface area (Å²) in [6, 6.07) is 13.3. The molecule has 2 N–H and O–H groups in total. The van der Waals surface area contributed by atoms with Crippen LogP contribution in [0.2, 0.25) is 0 Å². The summed E-state index contributed by atoms with van der Waals surface area (Å²) in [5.74, 6) is 1.01. The van der Waals surface area contributed by atoms with E-state index in [2.05, 4.69) is 18.8 Å². The number of halogens is 3. The molecule has 0 bridgehead atoms. The first-order valence-electron chi connectivity index (χ1n) is 7.49. The van der Waals surface area contributed by atoms with Crippen LogP contribution in [-0.2, 0) is 11.9 Å². The average molecular weight is 352 g/mol. The van der Waals surface area contributed by atoms with Crippen molar-refractivity contribution in [2.24, 2.45) is 10.7 Å². The Labute approximate surface area is 144 Å². The normalized spacial score (nSPS) is 12.7. The Kier molecular flexibility index (Phi) is 5.94. The van der Waals surface area contributed by atoms with Gasteiger partial charge < -0.3 is 5.73 Å². The van der Waals surface area contributed by atoms with E-state index >= 15 is 0 Å². The van der Waals surface area contributed by atoms with Gasteiger partial charge in [-0.05, 0) is 29.2 Å². The minimum atomic E-state index is -4.45. The lowest BCUT2D eigenvalue weighted by atomic mass is 10.0. The SMILES string of the molecule is CC(C)c1ccc(CSC(N)=Nc2ccccc2C(F)(F)F)cc1. The van der Waals surface area contributed by atoms with Gasteiger partial charge in [0.05, 0.1) is 11.3 Å². The van der Waals surface area contributed by atoms with Gasteiger partial charge in [-0.1, -0.05) is 62.0 Å². The minimum absolute atomic E-state index is 0.111. The van der Waals surface area contributed by atoms with Crippen LogP contribution >= 0.6 is 11.8 Å². The number of alkyl halides is 3. The molecule has 0 unspecified atom stereocenters. The first-order chi connectivity index (χ1) is 11.3. The van der Waals surface area contributed by atoms with Crippen LogP contribution in [0.1, 0.15) is 36.5 Å². The summed E-state index contributed by atoms with van der Waals surface area (Å²) in [5.41, 5.74) is 7.13. The van der Waals surface area contributed by atoms with Crippen LogP contribution in [0.5, 0.6) is 0 Å². The van der Waals surface area contributed by atoms with E-state index in [1.54, 1.807) is 0 Å². The molecule has 0 saturated carbocycles. The van der Waals surface area contributed by atoms with Gasteiger partial charge in [-0.25, -0.2) is 4.99 Å². The van der Waals surface area contributed by atoms with Crippen LogP contribution < -0.4 is 5.73 Å². The lowest BCUT2D eigenvalue weighted by Crippen LogP contribution is -2.09. The molecule has 0 heterocycles. The summed E-state index contributed by atoms with van der Waals surface area (Å²) < 4.78 is 38.8. The molecule has 0 amide bonds. The van der Waals surface area contributed by atoms with Crippen molar-refractivity contribution in [1.29, 1.82) is 0 Å². The third kappa shape index (κ3) is 5.03. The Morgan fingerprint density at radius 2 is 1.71 bits per heavy atom. The zero-order chi connectivity index (χ0) is 17.7. The van der Waals surface area contributed by atoms with Crippen LogP contribution in [-0.4, -0.2) is 5.17 Å². The van der Waals surface area contributed by atoms with Crippen LogP contribution in [0.3, 0.4) is 0 Å². The quantitative estimate of drug-likeness (QED) is 0.565. The molecule has 2 nitrogen and oxygen atoms in total. The Hall–Kier alpha value is -1.95. The highest BCUT2D eigenvalue weighted by atomic mass is 32.2. The molecule has 0 aliphatic rings. The van der Waals surface area contributed by atoms with Crippen molar-refractivity contribution < 1.29 is 13.2 Å². The number of para-hydroxylation sites is 1. The third-order valence-corrected chi connectivity index (χ3v) is 4.34. The van der Waals surface area contributed by atoms with Crippen molar-refractivity contribution in [3.63, 3.8) is 0 Å². The van der Waals surface area contributed by atoms with Crippen molar-refractivity contribution in [2.75, 3.05) is 0 Å². The standard InChI is InChI=1S/C18H19F3N2S/c1-12(2)14-9-7-13(8-10-14)11-24-17(22)23-16-6-4-3-5-15(16)18(19,20)21/h3-10,12H,11H2,1-2H3,(H2,22,23). The van der Waals surface area contributed by atoms with Crippen LogP contribution in [0, 0.1) is 0 Å². The predicted octanol–water partition coefficient (Wildman–Crippen LogP) is 5.71. The summed E-state index contributed by atoms with van der Waals surface area (Å²) in [7, 11) is 0. The van der Waals surface area contributed by atoms with Gasteiger partial charge in [0.1, 0.15) is 0 Å². The highest BCUT2D eigenvalue weighted by Gasteiger charge is 2.33. The number of aliphatic imine (C=N–C) groups is 1. The molecule has 0 spiro atoms. The van der Waals surface area contributed by atoms with Gasteiger partial charge in [0.15, 0.2) is 5.17 Å².